The Morgan fingerprint density at radius 1 is 1.10 bits per heavy atom. The number of aromatic nitrogens is 4. The summed E-state index contributed by atoms with van der Waals surface area (Å²) in [7, 11) is 3.47. The van der Waals surface area contributed by atoms with Crippen LogP contribution in [-0.2, 0) is 4.74 Å². The van der Waals surface area contributed by atoms with E-state index in [1.807, 2.05) is 29.0 Å². The number of imidazole rings is 1. The second-order valence-corrected chi connectivity index (χ2v) is 8.41. The minimum Gasteiger partial charge on any atom is -0.494 e. The van der Waals surface area contributed by atoms with Crippen molar-refractivity contribution < 1.29 is 9.47 Å². The maximum Gasteiger partial charge on any atom is 0.154 e. The maximum atomic E-state index is 5.48. The van der Waals surface area contributed by atoms with Crippen LogP contribution in [0, 0.1) is 0 Å². The van der Waals surface area contributed by atoms with E-state index < -0.39 is 0 Å². The molecule has 0 atom stereocenters. The number of hydrogen-bond acceptors (Lipinski definition) is 7. The third kappa shape index (κ3) is 3.42. The van der Waals surface area contributed by atoms with Crippen LogP contribution in [0.5, 0.6) is 5.75 Å². The molecule has 150 valence electrons. The zero-order valence-electron chi connectivity index (χ0n) is 16.5. The van der Waals surface area contributed by atoms with Crippen molar-refractivity contribution in [3.05, 3.63) is 36.8 Å². The second kappa shape index (κ2) is 7.61. The number of nitrogens with zero attached hydrogens (tertiary/aromatic N) is 4. The van der Waals surface area contributed by atoms with Crippen LogP contribution in [0.15, 0.2) is 36.8 Å². The largest absolute Gasteiger partial charge is 0.494 e. The molecular formula is C21H23N5O2S. The molecule has 5 rings (SSSR count). The fourth-order valence-corrected chi connectivity index (χ4v) is 5.10. The van der Waals surface area contributed by atoms with E-state index in [4.69, 9.17) is 14.6 Å². The highest BCUT2D eigenvalue weighted by atomic mass is 32.1. The van der Waals surface area contributed by atoms with Crippen LogP contribution >= 0.6 is 11.3 Å². The highest BCUT2D eigenvalue weighted by Gasteiger charge is 2.21. The van der Waals surface area contributed by atoms with Gasteiger partial charge in [-0.2, -0.15) is 0 Å². The Morgan fingerprint density at radius 3 is 2.76 bits per heavy atom. The first kappa shape index (κ1) is 18.3. The Labute approximate surface area is 172 Å². The lowest BCUT2D eigenvalue weighted by Crippen LogP contribution is -2.29. The van der Waals surface area contributed by atoms with E-state index >= 15 is 0 Å². The minimum absolute atomic E-state index is 0.392. The fourth-order valence-electron chi connectivity index (χ4n) is 3.98. The smallest absolute Gasteiger partial charge is 0.154 e. The van der Waals surface area contributed by atoms with Crippen LogP contribution in [0.4, 0.5) is 5.82 Å². The van der Waals surface area contributed by atoms with Gasteiger partial charge >= 0.3 is 0 Å². The Kier molecular flexibility index (Phi) is 4.81. The fraction of sp³-hybridized carbons (Fsp3) is 0.381. The third-order valence-electron chi connectivity index (χ3n) is 5.58. The first-order chi connectivity index (χ1) is 14.2. The van der Waals surface area contributed by atoms with E-state index in [0.29, 0.717) is 12.1 Å². The quantitative estimate of drug-likeness (QED) is 0.527. The van der Waals surface area contributed by atoms with Gasteiger partial charge in [-0.1, -0.05) is 0 Å². The van der Waals surface area contributed by atoms with Crippen LogP contribution in [0.3, 0.4) is 0 Å². The summed E-state index contributed by atoms with van der Waals surface area (Å²) in [5.74, 6) is 1.66. The summed E-state index contributed by atoms with van der Waals surface area (Å²) in [5.41, 5.74) is 1.80. The molecule has 0 bridgehead atoms. The molecule has 0 unspecified atom stereocenters. The molecule has 0 spiro atoms. The van der Waals surface area contributed by atoms with Gasteiger partial charge in [0.2, 0.25) is 0 Å². The lowest BCUT2D eigenvalue weighted by Gasteiger charge is -2.28. The normalized spacial score (nSPS) is 19.7. The summed E-state index contributed by atoms with van der Waals surface area (Å²) in [6, 6.07) is 6.56. The lowest BCUT2D eigenvalue weighted by molar-refractivity contribution is 0.0681. The molecule has 8 heteroatoms. The van der Waals surface area contributed by atoms with Gasteiger partial charge in [0.1, 0.15) is 11.5 Å². The van der Waals surface area contributed by atoms with Gasteiger partial charge in [0.15, 0.2) is 11.4 Å². The van der Waals surface area contributed by atoms with Crippen molar-refractivity contribution in [1.29, 1.82) is 0 Å². The molecule has 4 aromatic rings. The summed E-state index contributed by atoms with van der Waals surface area (Å²) in [6.45, 7) is 0. The Bertz CT molecular complexity index is 1150. The van der Waals surface area contributed by atoms with Crippen molar-refractivity contribution in [3.8, 4) is 16.3 Å². The highest BCUT2D eigenvalue weighted by molar-refractivity contribution is 7.22. The molecule has 29 heavy (non-hydrogen) atoms. The molecule has 1 aliphatic rings. The number of pyridine rings is 1. The van der Waals surface area contributed by atoms with E-state index in [1.54, 1.807) is 31.8 Å². The first-order valence-corrected chi connectivity index (χ1v) is 10.6. The molecule has 0 aromatic carbocycles. The molecule has 1 aliphatic carbocycles. The Hall–Kier alpha value is -2.71. The maximum absolute atomic E-state index is 5.48. The van der Waals surface area contributed by atoms with Gasteiger partial charge in [0.05, 0.1) is 35.2 Å². The van der Waals surface area contributed by atoms with Crippen molar-refractivity contribution in [2.75, 3.05) is 19.5 Å². The van der Waals surface area contributed by atoms with Gasteiger partial charge in [-0.25, -0.2) is 9.50 Å². The van der Waals surface area contributed by atoms with E-state index in [-0.39, 0.29) is 0 Å². The van der Waals surface area contributed by atoms with Gasteiger partial charge in [-0.05, 0) is 43.9 Å². The molecule has 1 N–H and O–H groups in total. The van der Waals surface area contributed by atoms with Crippen molar-refractivity contribution >= 4 is 32.9 Å². The third-order valence-corrected chi connectivity index (χ3v) is 6.77. The molecule has 1 saturated carbocycles. The highest BCUT2D eigenvalue weighted by Crippen LogP contribution is 2.38. The van der Waals surface area contributed by atoms with E-state index in [1.165, 1.54) is 0 Å². The number of hydrogen-bond donors (Lipinski definition) is 1. The van der Waals surface area contributed by atoms with E-state index in [0.717, 1.165) is 63.6 Å². The van der Waals surface area contributed by atoms with E-state index in [2.05, 4.69) is 21.4 Å². The van der Waals surface area contributed by atoms with Gasteiger partial charge in [-0.15, -0.1) is 16.4 Å². The monoisotopic (exact) mass is 409 g/mol. The number of rotatable bonds is 5. The molecule has 7 nitrogen and oxygen atoms in total. The van der Waals surface area contributed by atoms with Crippen LogP contribution < -0.4 is 10.1 Å². The topological polar surface area (TPSA) is 73.6 Å². The minimum atomic E-state index is 0.392. The predicted molar refractivity (Wildman–Crippen MR) is 115 cm³/mol. The summed E-state index contributed by atoms with van der Waals surface area (Å²) < 4.78 is 13.9. The molecule has 4 heterocycles. The zero-order valence-corrected chi connectivity index (χ0v) is 17.3. The van der Waals surface area contributed by atoms with Gasteiger partial charge in [-0.3, -0.25) is 4.98 Å². The van der Waals surface area contributed by atoms with Gasteiger partial charge in [0, 0.05) is 24.7 Å². The number of nitrogens with one attached hydrogen (secondary N) is 1. The molecule has 0 radical (unpaired) electrons. The standard InChI is InChI=1S/C21H23N5O2S/c1-27-15-5-3-14(4-6-15)24-19-7-8-20-23-11-16(26(20)25-19)18-9-13-10-22-12-17(28-2)21(13)29-18/h7-12,14-15H,3-6H2,1-2H3,(H,24,25)/t14-,15-. The predicted octanol–water partition coefficient (Wildman–Crippen LogP) is 4.38. The molecule has 4 aromatic heterocycles. The average molecular weight is 410 g/mol. The number of fused-ring (bicyclic) bond motifs is 2. The average Bonchev–Trinajstić information content (AvgIpc) is 3.37. The second-order valence-electron chi connectivity index (χ2n) is 7.36. The number of thiophene rings is 1. The van der Waals surface area contributed by atoms with Gasteiger partial charge < -0.3 is 14.8 Å². The summed E-state index contributed by atoms with van der Waals surface area (Å²) in [6.07, 6.45) is 10.2. The summed E-state index contributed by atoms with van der Waals surface area (Å²) >= 11 is 1.67. The summed E-state index contributed by atoms with van der Waals surface area (Å²) in [5, 5.41) is 9.48. The van der Waals surface area contributed by atoms with Gasteiger partial charge in [0.25, 0.3) is 0 Å². The lowest BCUT2D eigenvalue weighted by atomic mass is 9.93. The zero-order chi connectivity index (χ0) is 19.8. The van der Waals surface area contributed by atoms with Crippen molar-refractivity contribution in [3.63, 3.8) is 0 Å². The van der Waals surface area contributed by atoms with Crippen LogP contribution in [0.2, 0.25) is 0 Å². The van der Waals surface area contributed by atoms with Crippen molar-refractivity contribution in [1.82, 2.24) is 19.6 Å². The van der Waals surface area contributed by atoms with E-state index in [9.17, 15) is 0 Å². The van der Waals surface area contributed by atoms with Crippen LogP contribution in [0.25, 0.3) is 26.3 Å². The number of ether oxygens (including phenoxy) is 2. The first-order valence-electron chi connectivity index (χ1n) is 9.81. The Morgan fingerprint density at radius 2 is 1.97 bits per heavy atom. The molecule has 1 fully saturated rings. The molecule has 0 saturated heterocycles. The SMILES string of the molecule is COc1cncc2cc(-c3cnc4ccc(N[C@H]5CC[C@H](OC)CC5)nn34)sc12. The molecule has 0 amide bonds. The number of methoxy groups -OCH3 is 2. The van der Waals surface area contributed by atoms with Crippen molar-refractivity contribution in [2.45, 2.75) is 37.8 Å². The van der Waals surface area contributed by atoms with Crippen LogP contribution in [-0.4, -0.2) is 45.9 Å². The molecular weight excluding hydrogens is 386 g/mol. The number of anilines is 1. The molecule has 0 aliphatic heterocycles. The summed E-state index contributed by atoms with van der Waals surface area (Å²) in [4.78, 5) is 9.88. The van der Waals surface area contributed by atoms with Crippen molar-refractivity contribution in [2.24, 2.45) is 0 Å². The Balaban J connectivity index is 1.46. The van der Waals surface area contributed by atoms with Crippen LogP contribution in [0.1, 0.15) is 25.7 Å².